The molecule has 3 N–H and O–H groups in total. The van der Waals surface area contributed by atoms with E-state index in [1.165, 1.54) is 12.1 Å². The van der Waals surface area contributed by atoms with Crippen LogP contribution < -0.4 is 16.0 Å². The van der Waals surface area contributed by atoms with Crippen molar-refractivity contribution < 1.29 is 18.0 Å². The molecule has 0 aliphatic rings. The van der Waals surface area contributed by atoms with Crippen molar-refractivity contribution in [3.8, 4) is 11.3 Å². The van der Waals surface area contributed by atoms with Crippen LogP contribution in [-0.4, -0.2) is 25.8 Å². The predicted molar refractivity (Wildman–Crippen MR) is 151 cm³/mol. The molecule has 0 fully saturated rings. The van der Waals surface area contributed by atoms with Crippen LogP contribution in [0.4, 0.5) is 36.3 Å². The number of anilines is 4. The summed E-state index contributed by atoms with van der Waals surface area (Å²) in [6, 6.07) is 18.8. The van der Waals surface area contributed by atoms with Crippen molar-refractivity contribution in [3.63, 3.8) is 0 Å². The first-order valence-corrected chi connectivity index (χ1v) is 12.5. The van der Waals surface area contributed by atoms with Gasteiger partial charge in [-0.1, -0.05) is 12.1 Å². The second-order valence-corrected chi connectivity index (χ2v) is 9.09. The Morgan fingerprint density at radius 3 is 2.49 bits per heavy atom. The third kappa shape index (κ3) is 7.01. The molecule has 0 spiro atoms. The van der Waals surface area contributed by atoms with Gasteiger partial charge in [0.2, 0.25) is 5.95 Å². The molecule has 0 unspecified atom stereocenters. The van der Waals surface area contributed by atoms with Crippen LogP contribution in [0.5, 0.6) is 0 Å². The van der Waals surface area contributed by atoms with Crippen molar-refractivity contribution in [2.24, 2.45) is 0 Å². The van der Waals surface area contributed by atoms with E-state index >= 15 is 0 Å². The first-order valence-electron chi connectivity index (χ1n) is 12.5. The zero-order chi connectivity index (χ0) is 28.8. The number of halogens is 3. The topological polar surface area (TPSA) is 105 Å². The maximum Gasteiger partial charge on any atom is 0.416 e. The molecule has 2 aromatic carbocycles. The molecule has 11 heteroatoms. The van der Waals surface area contributed by atoms with Gasteiger partial charge in [-0.25, -0.2) is 15.0 Å². The van der Waals surface area contributed by atoms with Gasteiger partial charge in [-0.2, -0.15) is 13.2 Å². The van der Waals surface area contributed by atoms with Crippen molar-refractivity contribution in [3.05, 3.63) is 120 Å². The minimum Gasteiger partial charge on any atom is -0.366 e. The van der Waals surface area contributed by atoms with Crippen molar-refractivity contribution in [1.29, 1.82) is 0 Å². The lowest BCUT2D eigenvalue weighted by molar-refractivity contribution is -0.137. The average molecular weight is 556 g/mol. The molecular weight excluding hydrogens is 531 g/mol. The number of nitrogens with one attached hydrogen (secondary N) is 3. The van der Waals surface area contributed by atoms with Crippen molar-refractivity contribution in [2.45, 2.75) is 19.6 Å². The smallest absolute Gasteiger partial charge is 0.366 e. The van der Waals surface area contributed by atoms with Gasteiger partial charge < -0.3 is 16.0 Å². The second kappa shape index (κ2) is 11.8. The summed E-state index contributed by atoms with van der Waals surface area (Å²) >= 11 is 0. The molecular formula is C30H24F3N7O. The number of rotatable bonds is 8. The Morgan fingerprint density at radius 1 is 0.902 bits per heavy atom. The summed E-state index contributed by atoms with van der Waals surface area (Å²) < 4.78 is 39.1. The first kappa shape index (κ1) is 27.3. The third-order valence-corrected chi connectivity index (χ3v) is 6.13. The summed E-state index contributed by atoms with van der Waals surface area (Å²) in [5.41, 5.74) is 3.42. The molecule has 5 rings (SSSR count). The quantitative estimate of drug-likeness (QED) is 0.192. The van der Waals surface area contributed by atoms with E-state index in [9.17, 15) is 18.0 Å². The summed E-state index contributed by atoms with van der Waals surface area (Å²) in [5, 5.41) is 9.07. The Labute approximate surface area is 233 Å². The van der Waals surface area contributed by atoms with Gasteiger partial charge in [0.15, 0.2) is 0 Å². The van der Waals surface area contributed by atoms with Crippen LogP contribution in [0.25, 0.3) is 11.3 Å². The molecule has 0 aliphatic heterocycles. The maximum atomic E-state index is 13.0. The number of amides is 1. The van der Waals surface area contributed by atoms with E-state index in [2.05, 4.69) is 35.9 Å². The van der Waals surface area contributed by atoms with Crippen LogP contribution in [0.1, 0.15) is 27.0 Å². The number of alkyl halides is 3. The number of benzene rings is 2. The number of aromatic nitrogens is 4. The van der Waals surface area contributed by atoms with Crippen LogP contribution in [0, 0.1) is 6.92 Å². The number of hydrogen-bond donors (Lipinski definition) is 3. The number of nitrogens with zero attached hydrogens (tertiary/aromatic N) is 4. The highest BCUT2D eigenvalue weighted by atomic mass is 19.4. The van der Waals surface area contributed by atoms with Gasteiger partial charge in [0.25, 0.3) is 5.91 Å². The summed E-state index contributed by atoms with van der Waals surface area (Å²) in [7, 11) is 0. The number of pyridine rings is 2. The Bertz CT molecular complexity index is 1660. The van der Waals surface area contributed by atoms with E-state index in [-0.39, 0.29) is 5.56 Å². The molecule has 0 radical (unpaired) electrons. The van der Waals surface area contributed by atoms with Gasteiger partial charge >= 0.3 is 6.18 Å². The van der Waals surface area contributed by atoms with Crippen LogP contribution in [0.3, 0.4) is 0 Å². The highest BCUT2D eigenvalue weighted by Gasteiger charge is 2.30. The lowest BCUT2D eigenvalue weighted by atomic mass is 10.1. The standard InChI is InChI=1S/C30H24F3N7O/c1-19-5-7-24(38-28(41)21-3-2-4-23(15-21)30(31,32)33)16-26(19)40-29-35-14-11-25(39-29)22-6-8-27(37-18-22)36-17-20-9-12-34-13-10-20/h2-16,18H,17H2,1H3,(H,36,37)(H,38,41)(H,35,39,40). The molecule has 0 aliphatic carbocycles. The van der Waals surface area contributed by atoms with E-state index in [4.69, 9.17) is 0 Å². The highest BCUT2D eigenvalue weighted by molar-refractivity contribution is 6.04. The summed E-state index contributed by atoms with van der Waals surface area (Å²) in [5.74, 6) is 0.389. The number of carbonyl (C=O) groups is 1. The van der Waals surface area contributed by atoms with E-state index < -0.39 is 17.6 Å². The Balaban J connectivity index is 1.27. The fourth-order valence-corrected chi connectivity index (χ4v) is 3.92. The number of hydrogen-bond acceptors (Lipinski definition) is 7. The van der Waals surface area contributed by atoms with Crippen molar-refractivity contribution in [2.75, 3.05) is 16.0 Å². The van der Waals surface area contributed by atoms with Gasteiger partial charge in [-0.05, 0) is 78.7 Å². The zero-order valence-corrected chi connectivity index (χ0v) is 21.8. The SMILES string of the molecule is Cc1ccc(NC(=O)c2cccc(C(F)(F)F)c2)cc1Nc1nccc(-c2ccc(NCc3ccncc3)nc2)n1. The molecule has 0 saturated carbocycles. The lowest BCUT2D eigenvalue weighted by Gasteiger charge is -2.13. The van der Waals surface area contributed by atoms with E-state index in [0.717, 1.165) is 34.6 Å². The summed E-state index contributed by atoms with van der Waals surface area (Å²) in [6.07, 6.45) is 2.28. The molecule has 0 bridgehead atoms. The predicted octanol–water partition coefficient (Wildman–Crippen LogP) is 6.87. The molecule has 5 aromatic rings. The van der Waals surface area contributed by atoms with E-state index in [1.807, 2.05) is 31.2 Å². The summed E-state index contributed by atoms with van der Waals surface area (Å²) in [6.45, 7) is 2.49. The molecule has 206 valence electrons. The normalized spacial score (nSPS) is 11.1. The largest absolute Gasteiger partial charge is 0.416 e. The van der Waals surface area contributed by atoms with Gasteiger partial charge in [-0.15, -0.1) is 0 Å². The Hall–Kier alpha value is -5.32. The highest BCUT2D eigenvalue weighted by Crippen LogP contribution is 2.30. The fourth-order valence-electron chi connectivity index (χ4n) is 3.92. The van der Waals surface area contributed by atoms with Crippen LogP contribution in [0.15, 0.2) is 97.6 Å². The van der Waals surface area contributed by atoms with E-state index in [0.29, 0.717) is 29.6 Å². The lowest BCUT2D eigenvalue weighted by Crippen LogP contribution is -2.14. The van der Waals surface area contributed by atoms with Crippen LogP contribution in [0.2, 0.25) is 0 Å². The average Bonchev–Trinajstić information content (AvgIpc) is 2.98. The maximum absolute atomic E-state index is 13.0. The van der Waals surface area contributed by atoms with Crippen LogP contribution in [-0.2, 0) is 12.7 Å². The van der Waals surface area contributed by atoms with Gasteiger partial charge in [0, 0.05) is 53.8 Å². The summed E-state index contributed by atoms with van der Waals surface area (Å²) in [4.78, 5) is 30.0. The number of carbonyl (C=O) groups excluding carboxylic acids is 1. The van der Waals surface area contributed by atoms with Crippen LogP contribution >= 0.6 is 0 Å². The number of aryl methyl sites for hydroxylation is 1. The fraction of sp³-hybridized carbons (Fsp3) is 0.100. The van der Waals surface area contributed by atoms with E-state index in [1.54, 1.807) is 49.1 Å². The monoisotopic (exact) mass is 555 g/mol. The molecule has 41 heavy (non-hydrogen) atoms. The second-order valence-electron chi connectivity index (χ2n) is 9.09. The zero-order valence-electron chi connectivity index (χ0n) is 21.8. The Kier molecular flexibility index (Phi) is 7.86. The minimum absolute atomic E-state index is 0.0989. The first-order chi connectivity index (χ1) is 19.7. The molecule has 1 amide bonds. The Morgan fingerprint density at radius 2 is 1.73 bits per heavy atom. The molecule has 0 saturated heterocycles. The molecule has 8 nitrogen and oxygen atoms in total. The van der Waals surface area contributed by atoms with Gasteiger partial charge in [-0.3, -0.25) is 9.78 Å². The van der Waals surface area contributed by atoms with Crippen molar-refractivity contribution >= 4 is 29.0 Å². The molecule has 3 aromatic heterocycles. The minimum atomic E-state index is -4.54. The molecule has 3 heterocycles. The van der Waals surface area contributed by atoms with Gasteiger partial charge in [0.05, 0.1) is 11.3 Å². The third-order valence-electron chi connectivity index (χ3n) is 6.13. The van der Waals surface area contributed by atoms with Crippen molar-refractivity contribution in [1.82, 2.24) is 19.9 Å². The van der Waals surface area contributed by atoms with Gasteiger partial charge in [0.1, 0.15) is 5.82 Å². The molecule has 0 atom stereocenters.